The first-order valence-corrected chi connectivity index (χ1v) is 8.15. The normalized spacial score (nSPS) is 12.0. The maximum atomic E-state index is 11.0. The number of carboxylic acids is 1. The number of nitrogens with zero attached hydrogens (tertiary/aromatic N) is 1. The van der Waals surface area contributed by atoms with Crippen LogP contribution in [0.2, 0.25) is 0 Å². The highest BCUT2D eigenvalue weighted by Gasteiger charge is 2.18. The van der Waals surface area contributed by atoms with Gasteiger partial charge in [-0.2, -0.15) is 11.8 Å². The van der Waals surface area contributed by atoms with Gasteiger partial charge in [0.25, 0.3) is 0 Å². The van der Waals surface area contributed by atoms with Crippen molar-refractivity contribution in [2.75, 3.05) is 5.75 Å². The van der Waals surface area contributed by atoms with E-state index in [1.165, 1.54) is 18.7 Å². The third kappa shape index (κ3) is 4.61. The second kappa shape index (κ2) is 7.28. The van der Waals surface area contributed by atoms with E-state index in [9.17, 15) is 9.59 Å². The molecule has 8 heteroatoms. The Bertz CT molecular complexity index is 609. The Hall–Kier alpha value is -1.80. The number of amides is 1. The van der Waals surface area contributed by atoms with Crippen molar-refractivity contribution in [3.05, 3.63) is 29.5 Å². The molecule has 0 saturated carbocycles. The molecule has 0 aliphatic heterocycles. The molecule has 0 aliphatic rings. The zero-order valence-electron chi connectivity index (χ0n) is 11.2. The van der Waals surface area contributed by atoms with Crippen molar-refractivity contribution in [2.24, 2.45) is 0 Å². The number of rotatable bonds is 7. The van der Waals surface area contributed by atoms with E-state index in [-0.39, 0.29) is 11.7 Å². The van der Waals surface area contributed by atoms with Gasteiger partial charge >= 0.3 is 5.97 Å². The molecule has 2 aromatic heterocycles. The van der Waals surface area contributed by atoms with E-state index in [1.54, 1.807) is 17.6 Å². The Kier molecular flexibility index (Phi) is 5.40. The van der Waals surface area contributed by atoms with Gasteiger partial charge < -0.3 is 14.8 Å². The Balaban J connectivity index is 1.85. The molecule has 0 unspecified atom stereocenters. The second-order valence-corrected chi connectivity index (χ2v) is 6.21. The van der Waals surface area contributed by atoms with Crippen molar-refractivity contribution in [3.63, 3.8) is 0 Å². The molecule has 0 fully saturated rings. The van der Waals surface area contributed by atoms with Gasteiger partial charge in [-0.25, -0.2) is 9.78 Å². The molecule has 0 spiro atoms. The average Bonchev–Trinajstić information content (AvgIpc) is 3.07. The minimum Gasteiger partial charge on any atom is -0.480 e. The molecule has 0 bridgehead atoms. The maximum absolute atomic E-state index is 11.0. The molecule has 2 aromatic rings. The molecular weight excluding hydrogens is 312 g/mol. The van der Waals surface area contributed by atoms with Gasteiger partial charge in [0.1, 0.15) is 12.3 Å². The van der Waals surface area contributed by atoms with Gasteiger partial charge in [0.15, 0.2) is 0 Å². The standard InChI is InChI=1S/C13H14N2O4S2/c1-8(16)14-10(13(17)18)7-20-6-9-5-19-12(15-9)11-3-2-4-21-11/h2-5,10H,6-7H2,1H3,(H,14,16)(H,17,18)/t10-/m0/s1. The van der Waals surface area contributed by atoms with Gasteiger partial charge in [0, 0.05) is 18.4 Å². The predicted octanol–water partition coefficient (Wildman–Crippen LogP) is 2.23. The van der Waals surface area contributed by atoms with Crippen LogP contribution in [0.1, 0.15) is 12.6 Å². The fourth-order valence-electron chi connectivity index (χ4n) is 1.59. The highest BCUT2D eigenvalue weighted by molar-refractivity contribution is 7.98. The number of hydrogen-bond acceptors (Lipinski definition) is 6. The van der Waals surface area contributed by atoms with Crippen LogP contribution in [0.3, 0.4) is 0 Å². The van der Waals surface area contributed by atoms with E-state index in [0.717, 1.165) is 10.6 Å². The summed E-state index contributed by atoms with van der Waals surface area (Å²) in [7, 11) is 0. The van der Waals surface area contributed by atoms with Gasteiger partial charge in [-0.1, -0.05) is 6.07 Å². The molecule has 2 rings (SSSR count). The van der Waals surface area contributed by atoms with Crippen LogP contribution in [0.4, 0.5) is 0 Å². The summed E-state index contributed by atoms with van der Waals surface area (Å²) >= 11 is 2.92. The van der Waals surface area contributed by atoms with Crippen LogP contribution in [0, 0.1) is 0 Å². The van der Waals surface area contributed by atoms with Crippen LogP contribution < -0.4 is 5.32 Å². The first kappa shape index (κ1) is 15.6. The zero-order valence-corrected chi connectivity index (χ0v) is 12.9. The van der Waals surface area contributed by atoms with Crippen molar-refractivity contribution < 1.29 is 19.1 Å². The van der Waals surface area contributed by atoms with Crippen LogP contribution in [0.15, 0.2) is 28.2 Å². The number of carbonyl (C=O) groups is 2. The number of thioether (sulfide) groups is 1. The molecule has 1 atom stereocenters. The van der Waals surface area contributed by atoms with Crippen molar-refractivity contribution in [1.82, 2.24) is 10.3 Å². The lowest BCUT2D eigenvalue weighted by Crippen LogP contribution is -2.41. The van der Waals surface area contributed by atoms with Crippen molar-refractivity contribution in [3.8, 4) is 10.8 Å². The molecular formula is C13H14N2O4S2. The Morgan fingerprint density at radius 2 is 2.38 bits per heavy atom. The van der Waals surface area contributed by atoms with Crippen molar-refractivity contribution >= 4 is 35.0 Å². The molecule has 1 amide bonds. The lowest BCUT2D eigenvalue weighted by atomic mass is 10.3. The zero-order chi connectivity index (χ0) is 15.2. The number of carbonyl (C=O) groups excluding carboxylic acids is 1. The summed E-state index contributed by atoms with van der Waals surface area (Å²) in [5.41, 5.74) is 0.746. The van der Waals surface area contributed by atoms with Crippen LogP contribution >= 0.6 is 23.1 Å². The third-order valence-corrected chi connectivity index (χ3v) is 4.42. The SMILES string of the molecule is CC(=O)N[C@@H](CSCc1coc(-c2cccs2)n1)C(=O)O. The molecule has 2 heterocycles. The molecule has 2 N–H and O–H groups in total. The first-order valence-electron chi connectivity index (χ1n) is 6.12. The van der Waals surface area contributed by atoms with E-state index >= 15 is 0 Å². The van der Waals surface area contributed by atoms with Crippen LogP contribution in [-0.4, -0.2) is 33.8 Å². The quantitative estimate of drug-likeness (QED) is 0.810. The monoisotopic (exact) mass is 326 g/mol. The van der Waals surface area contributed by atoms with Gasteiger partial charge in [-0.15, -0.1) is 11.3 Å². The fourth-order valence-corrected chi connectivity index (χ4v) is 3.16. The average molecular weight is 326 g/mol. The summed E-state index contributed by atoms with van der Waals surface area (Å²) in [5, 5.41) is 13.3. The molecule has 21 heavy (non-hydrogen) atoms. The highest BCUT2D eigenvalue weighted by Crippen LogP contribution is 2.24. The lowest BCUT2D eigenvalue weighted by Gasteiger charge is -2.11. The van der Waals surface area contributed by atoms with E-state index in [2.05, 4.69) is 10.3 Å². The summed E-state index contributed by atoms with van der Waals surface area (Å²) < 4.78 is 5.38. The maximum Gasteiger partial charge on any atom is 0.327 e. The number of hydrogen-bond donors (Lipinski definition) is 2. The highest BCUT2D eigenvalue weighted by atomic mass is 32.2. The summed E-state index contributed by atoms with van der Waals surface area (Å²) in [5.74, 6) is -0.0345. The van der Waals surface area contributed by atoms with E-state index < -0.39 is 12.0 Å². The summed E-state index contributed by atoms with van der Waals surface area (Å²) in [6.45, 7) is 1.30. The predicted molar refractivity (Wildman–Crippen MR) is 81.2 cm³/mol. The largest absolute Gasteiger partial charge is 0.480 e. The molecule has 112 valence electrons. The van der Waals surface area contributed by atoms with Gasteiger partial charge in [-0.05, 0) is 11.4 Å². The minimum absolute atomic E-state index is 0.274. The molecule has 0 saturated heterocycles. The van der Waals surface area contributed by atoms with Crippen LogP contribution in [0.25, 0.3) is 10.8 Å². The van der Waals surface area contributed by atoms with Crippen molar-refractivity contribution in [1.29, 1.82) is 0 Å². The lowest BCUT2D eigenvalue weighted by molar-refractivity contribution is -0.140. The van der Waals surface area contributed by atoms with Gasteiger partial charge in [0.05, 0.1) is 10.6 Å². The smallest absolute Gasteiger partial charge is 0.327 e. The summed E-state index contributed by atoms with van der Waals surface area (Å²) in [6.07, 6.45) is 1.57. The molecule has 0 radical (unpaired) electrons. The number of thiophene rings is 1. The fraction of sp³-hybridized carbons (Fsp3) is 0.308. The number of aliphatic carboxylic acids is 1. The van der Waals surface area contributed by atoms with Gasteiger partial charge in [0.2, 0.25) is 11.8 Å². The second-order valence-electron chi connectivity index (χ2n) is 4.23. The van der Waals surface area contributed by atoms with E-state index in [1.807, 2.05) is 17.5 Å². The van der Waals surface area contributed by atoms with Crippen LogP contribution in [0.5, 0.6) is 0 Å². The Morgan fingerprint density at radius 1 is 1.57 bits per heavy atom. The Labute approximate surface area is 129 Å². The number of oxazole rings is 1. The summed E-state index contributed by atoms with van der Waals surface area (Å²) in [6, 6.07) is 2.95. The first-order chi connectivity index (χ1) is 10.1. The third-order valence-electron chi connectivity index (χ3n) is 2.49. The molecule has 6 nitrogen and oxygen atoms in total. The number of nitrogens with one attached hydrogen (secondary N) is 1. The summed E-state index contributed by atoms with van der Waals surface area (Å²) in [4.78, 5) is 27.2. The van der Waals surface area contributed by atoms with Crippen LogP contribution in [-0.2, 0) is 15.3 Å². The number of carboxylic acid groups (broad SMARTS) is 1. The molecule has 0 aromatic carbocycles. The van der Waals surface area contributed by atoms with E-state index in [0.29, 0.717) is 11.6 Å². The molecule has 0 aliphatic carbocycles. The minimum atomic E-state index is -1.04. The van der Waals surface area contributed by atoms with Gasteiger partial charge in [-0.3, -0.25) is 4.79 Å². The Morgan fingerprint density at radius 3 is 3.00 bits per heavy atom. The van der Waals surface area contributed by atoms with E-state index in [4.69, 9.17) is 9.52 Å². The van der Waals surface area contributed by atoms with Crippen molar-refractivity contribution in [2.45, 2.75) is 18.7 Å². The topological polar surface area (TPSA) is 92.4 Å². The number of aromatic nitrogens is 1.